The largest absolute Gasteiger partial charge is 0.507 e. The first-order chi connectivity index (χ1) is 10.6. The SMILES string of the molecule is CC(=O)N/N=C\c1cc(C(C)(C)C)cc(/C=N/NC(C)=O)c1O. The first-order valence-corrected chi connectivity index (χ1v) is 7.08. The molecule has 0 aliphatic carbocycles. The van der Waals surface area contributed by atoms with Crippen molar-refractivity contribution in [2.75, 3.05) is 0 Å². The molecule has 0 saturated carbocycles. The summed E-state index contributed by atoms with van der Waals surface area (Å²) in [5.74, 6) is -0.651. The van der Waals surface area contributed by atoms with Crippen molar-refractivity contribution in [3.63, 3.8) is 0 Å². The van der Waals surface area contributed by atoms with Crippen LogP contribution >= 0.6 is 0 Å². The highest BCUT2D eigenvalue weighted by atomic mass is 16.3. The number of hydrazone groups is 2. The molecule has 0 aliphatic rings. The van der Waals surface area contributed by atoms with Crippen molar-refractivity contribution in [3.8, 4) is 5.75 Å². The normalized spacial score (nSPS) is 11.9. The van der Waals surface area contributed by atoms with Gasteiger partial charge in [-0.3, -0.25) is 9.59 Å². The number of phenolic OH excluding ortho intramolecular Hbond substituents is 1. The average Bonchev–Trinajstić information content (AvgIpc) is 2.40. The van der Waals surface area contributed by atoms with E-state index in [1.165, 1.54) is 26.3 Å². The molecule has 0 aliphatic heterocycles. The average molecular weight is 318 g/mol. The Bertz CT molecular complexity index is 611. The summed E-state index contributed by atoms with van der Waals surface area (Å²) < 4.78 is 0. The number of hydrogen-bond acceptors (Lipinski definition) is 5. The van der Waals surface area contributed by atoms with E-state index >= 15 is 0 Å². The third-order valence-corrected chi connectivity index (χ3v) is 2.89. The topological polar surface area (TPSA) is 103 Å². The van der Waals surface area contributed by atoms with Crippen molar-refractivity contribution < 1.29 is 14.7 Å². The molecule has 3 N–H and O–H groups in total. The predicted molar refractivity (Wildman–Crippen MR) is 89.6 cm³/mol. The van der Waals surface area contributed by atoms with E-state index in [0.29, 0.717) is 11.1 Å². The van der Waals surface area contributed by atoms with Crippen LogP contribution in [0.1, 0.15) is 51.3 Å². The van der Waals surface area contributed by atoms with Crippen molar-refractivity contribution in [2.45, 2.75) is 40.0 Å². The molecule has 1 rings (SSSR count). The van der Waals surface area contributed by atoms with Crippen molar-refractivity contribution in [3.05, 3.63) is 28.8 Å². The van der Waals surface area contributed by atoms with E-state index in [0.717, 1.165) is 5.56 Å². The Morgan fingerprint density at radius 1 is 1.00 bits per heavy atom. The number of aromatic hydroxyl groups is 1. The van der Waals surface area contributed by atoms with Gasteiger partial charge in [0, 0.05) is 25.0 Å². The van der Waals surface area contributed by atoms with Gasteiger partial charge in [0.1, 0.15) is 5.75 Å². The second-order valence-electron chi connectivity index (χ2n) is 6.11. The van der Waals surface area contributed by atoms with E-state index in [2.05, 4.69) is 21.1 Å². The van der Waals surface area contributed by atoms with E-state index in [1.54, 1.807) is 12.1 Å². The summed E-state index contributed by atoms with van der Waals surface area (Å²) in [6.07, 6.45) is 2.73. The lowest BCUT2D eigenvalue weighted by molar-refractivity contribution is -0.119. The number of amides is 2. The van der Waals surface area contributed by atoms with E-state index in [9.17, 15) is 14.7 Å². The summed E-state index contributed by atoms with van der Waals surface area (Å²) in [6.45, 7) is 8.77. The minimum atomic E-state index is -0.305. The maximum atomic E-state index is 10.9. The Labute approximate surface area is 135 Å². The Hall–Kier alpha value is -2.70. The molecule has 23 heavy (non-hydrogen) atoms. The minimum Gasteiger partial charge on any atom is -0.507 e. The van der Waals surface area contributed by atoms with Crippen LogP contribution in [-0.4, -0.2) is 29.4 Å². The molecule has 0 saturated heterocycles. The van der Waals surface area contributed by atoms with Crippen LogP contribution in [0.5, 0.6) is 5.75 Å². The number of carbonyl (C=O) groups excluding carboxylic acids is 2. The smallest absolute Gasteiger partial charge is 0.236 e. The highest BCUT2D eigenvalue weighted by molar-refractivity contribution is 5.93. The van der Waals surface area contributed by atoms with E-state index in [-0.39, 0.29) is 23.0 Å². The van der Waals surface area contributed by atoms with Gasteiger partial charge < -0.3 is 5.11 Å². The van der Waals surface area contributed by atoms with Crippen LogP contribution in [0.4, 0.5) is 0 Å². The lowest BCUT2D eigenvalue weighted by atomic mass is 9.85. The standard InChI is InChI=1S/C16H22N4O3/c1-10(21)19-17-8-12-6-14(16(3,4)5)7-13(15(12)23)9-18-20-11(2)22/h6-9,23H,1-5H3,(H,19,21)(H,20,22)/b17-8-,18-9+. The van der Waals surface area contributed by atoms with Crippen LogP contribution in [0.3, 0.4) is 0 Å². The molecule has 2 amide bonds. The predicted octanol–water partition coefficient (Wildman–Crippen LogP) is 1.63. The molecule has 7 nitrogen and oxygen atoms in total. The second kappa shape index (κ2) is 7.53. The molecule has 0 heterocycles. The highest BCUT2D eigenvalue weighted by Gasteiger charge is 2.17. The van der Waals surface area contributed by atoms with Crippen LogP contribution < -0.4 is 10.9 Å². The van der Waals surface area contributed by atoms with Gasteiger partial charge in [-0.2, -0.15) is 10.2 Å². The van der Waals surface area contributed by atoms with Crippen molar-refractivity contribution in [2.24, 2.45) is 10.2 Å². The van der Waals surface area contributed by atoms with Gasteiger partial charge in [-0.25, -0.2) is 10.9 Å². The maximum Gasteiger partial charge on any atom is 0.236 e. The van der Waals surface area contributed by atoms with E-state index in [4.69, 9.17) is 0 Å². The van der Waals surface area contributed by atoms with Crippen LogP contribution in [0.2, 0.25) is 0 Å². The van der Waals surface area contributed by atoms with Crippen LogP contribution in [0, 0.1) is 0 Å². The monoisotopic (exact) mass is 318 g/mol. The van der Waals surface area contributed by atoms with Gasteiger partial charge in [-0.05, 0) is 23.1 Å². The molecule has 1 aromatic carbocycles. The van der Waals surface area contributed by atoms with Crippen molar-refractivity contribution in [1.82, 2.24) is 10.9 Å². The van der Waals surface area contributed by atoms with Gasteiger partial charge in [0.25, 0.3) is 0 Å². The molecule has 0 unspecified atom stereocenters. The third kappa shape index (κ3) is 5.90. The van der Waals surface area contributed by atoms with Crippen LogP contribution in [0.15, 0.2) is 22.3 Å². The second-order valence-corrected chi connectivity index (χ2v) is 6.11. The summed E-state index contributed by atoms with van der Waals surface area (Å²) in [7, 11) is 0. The molecule has 0 fully saturated rings. The first-order valence-electron chi connectivity index (χ1n) is 7.08. The zero-order chi connectivity index (χ0) is 17.6. The minimum absolute atomic E-state index is 0.0406. The zero-order valence-electron chi connectivity index (χ0n) is 14.0. The van der Waals surface area contributed by atoms with Crippen molar-refractivity contribution >= 4 is 24.2 Å². The van der Waals surface area contributed by atoms with Crippen LogP contribution in [-0.2, 0) is 15.0 Å². The fourth-order valence-electron chi connectivity index (χ4n) is 1.70. The summed E-state index contributed by atoms with van der Waals surface area (Å²) >= 11 is 0. The number of nitrogens with one attached hydrogen (secondary N) is 2. The maximum absolute atomic E-state index is 10.9. The number of nitrogens with zero attached hydrogens (tertiary/aromatic N) is 2. The molecule has 7 heteroatoms. The lowest BCUT2D eigenvalue weighted by Crippen LogP contribution is -2.15. The third-order valence-electron chi connectivity index (χ3n) is 2.89. The van der Waals surface area contributed by atoms with Crippen molar-refractivity contribution in [1.29, 1.82) is 0 Å². The summed E-state index contributed by atoms with van der Waals surface area (Å²) in [4.78, 5) is 21.7. The van der Waals surface area contributed by atoms with E-state index < -0.39 is 0 Å². The molecular weight excluding hydrogens is 296 g/mol. The molecule has 0 atom stereocenters. The number of hydrogen-bond donors (Lipinski definition) is 3. The van der Waals surface area contributed by atoms with E-state index in [1.807, 2.05) is 20.8 Å². The Balaban J connectivity index is 3.28. The highest BCUT2D eigenvalue weighted by Crippen LogP contribution is 2.29. The Kier molecular flexibility index (Phi) is 6.01. The molecule has 1 aromatic rings. The zero-order valence-corrected chi connectivity index (χ0v) is 14.0. The number of carbonyl (C=O) groups is 2. The number of rotatable bonds is 4. The molecule has 0 radical (unpaired) electrons. The van der Waals surface area contributed by atoms with Gasteiger partial charge >= 0.3 is 0 Å². The van der Waals surface area contributed by atoms with Gasteiger partial charge in [-0.1, -0.05) is 20.8 Å². The quantitative estimate of drug-likeness (QED) is 0.580. The van der Waals surface area contributed by atoms with Crippen LogP contribution in [0.25, 0.3) is 0 Å². The van der Waals surface area contributed by atoms with Gasteiger partial charge in [-0.15, -0.1) is 0 Å². The molecular formula is C16H22N4O3. The molecule has 0 bridgehead atoms. The first kappa shape index (κ1) is 18.3. The molecule has 0 spiro atoms. The molecule has 124 valence electrons. The summed E-state index contributed by atoms with van der Waals surface area (Å²) in [5, 5.41) is 17.9. The lowest BCUT2D eigenvalue weighted by Gasteiger charge is -2.21. The Morgan fingerprint density at radius 3 is 1.70 bits per heavy atom. The van der Waals surface area contributed by atoms with Gasteiger partial charge in [0.05, 0.1) is 12.4 Å². The Morgan fingerprint density at radius 2 is 1.39 bits per heavy atom. The number of benzene rings is 1. The summed E-state index contributed by atoms with van der Waals surface area (Å²) in [5.41, 5.74) is 6.23. The summed E-state index contributed by atoms with van der Waals surface area (Å²) in [6, 6.07) is 3.58. The fourth-order valence-corrected chi connectivity index (χ4v) is 1.70. The fraction of sp³-hybridized carbons (Fsp3) is 0.375. The number of phenols is 1. The molecule has 0 aromatic heterocycles. The van der Waals surface area contributed by atoms with Gasteiger partial charge in [0.15, 0.2) is 0 Å². The van der Waals surface area contributed by atoms with Gasteiger partial charge in [0.2, 0.25) is 11.8 Å².